The molecule has 1 nitrogen and oxygen atoms in total. The molecule has 0 aliphatic carbocycles. The van der Waals surface area contributed by atoms with E-state index in [4.69, 9.17) is 0 Å². The van der Waals surface area contributed by atoms with E-state index >= 15 is 0 Å². The Bertz CT molecular complexity index is 108. The van der Waals surface area contributed by atoms with Gasteiger partial charge in [-0.2, -0.15) is 0 Å². The molecule has 0 amide bonds. The van der Waals surface area contributed by atoms with Gasteiger partial charge in [0.2, 0.25) is 0 Å². The minimum absolute atomic E-state index is 0.530. The molecule has 0 fully saturated rings. The topological polar surface area (TPSA) is 3.24 Å². The van der Waals surface area contributed by atoms with Crippen molar-refractivity contribution in [3.63, 3.8) is 0 Å². The fraction of sp³-hybridized carbons (Fsp3) is 1.00. The lowest BCUT2D eigenvalue weighted by molar-refractivity contribution is 0.243. The molecular formula is C11H25N. The number of hydrogen-bond donors (Lipinski definition) is 0. The van der Waals surface area contributed by atoms with Crippen molar-refractivity contribution < 1.29 is 0 Å². The van der Waals surface area contributed by atoms with Gasteiger partial charge in [0.25, 0.3) is 0 Å². The molecule has 0 saturated carbocycles. The van der Waals surface area contributed by atoms with Crippen molar-refractivity contribution in [2.75, 3.05) is 20.1 Å². The summed E-state index contributed by atoms with van der Waals surface area (Å²) in [5.74, 6) is 0. The van der Waals surface area contributed by atoms with Crippen molar-refractivity contribution in [2.45, 2.75) is 47.0 Å². The monoisotopic (exact) mass is 171 g/mol. The average molecular weight is 171 g/mol. The van der Waals surface area contributed by atoms with Gasteiger partial charge < -0.3 is 4.90 Å². The maximum absolute atomic E-state index is 2.43. The Labute approximate surface area is 78.1 Å². The molecule has 0 saturated heterocycles. The van der Waals surface area contributed by atoms with E-state index in [-0.39, 0.29) is 0 Å². The van der Waals surface area contributed by atoms with Crippen molar-refractivity contribution in [2.24, 2.45) is 5.41 Å². The zero-order valence-corrected chi connectivity index (χ0v) is 9.48. The van der Waals surface area contributed by atoms with Gasteiger partial charge in [-0.25, -0.2) is 0 Å². The van der Waals surface area contributed by atoms with Gasteiger partial charge in [0, 0.05) is 0 Å². The third-order valence-corrected chi connectivity index (χ3v) is 2.73. The van der Waals surface area contributed by atoms with Crippen LogP contribution in [0.25, 0.3) is 0 Å². The molecule has 0 radical (unpaired) electrons. The lowest BCUT2D eigenvalue weighted by atomic mass is 9.86. The second-order valence-electron chi connectivity index (χ2n) is 4.57. The molecule has 0 rings (SSSR count). The van der Waals surface area contributed by atoms with E-state index in [1.807, 2.05) is 0 Å². The van der Waals surface area contributed by atoms with Gasteiger partial charge >= 0.3 is 0 Å². The van der Waals surface area contributed by atoms with E-state index in [2.05, 4.69) is 39.6 Å². The highest BCUT2D eigenvalue weighted by Crippen LogP contribution is 2.24. The zero-order chi connectivity index (χ0) is 9.61. The third kappa shape index (κ3) is 5.59. The first-order valence-corrected chi connectivity index (χ1v) is 5.20. The van der Waals surface area contributed by atoms with E-state index < -0.39 is 0 Å². The van der Waals surface area contributed by atoms with Crippen LogP contribution in [0.4, 0.5) is 0 Å². The van der Waals surface area contributed by atoms with Crippen LogP contribution in [-0.2, 0) is 0 Å². The molecule has 0 aliphatic rings. The lowest BCUT2D eigenvalue weighted by Crippen LogP contribution is -2.25. The Kier molecular flexibility index (Phi) is 5.56. The van der Waals surface area contributed by atoms with Gasteiger partial charge in [-0.3, -0.25) is 0 Å². The molecule has 0 N–H and O–H groups in total. The Balaban J connectivity index is 3.52. The Hall–Kier alpha value is -0.0400. The first-order chi connectivity index (χ1) is 5.52. The number of hydrogen-bond acceptors (Lipinski definition) is 1. The van der Waals surface area contributed by atoms with E-state index in [0.717, 1.165) is 0 Å². The van der Waals surface area contributed by atoms with Gasteiger partial charge in [-0.15, -0.1) is 0 Å². The molecule has 0 spiro atoms. The van der Waals surface area contributed by atoms with E-state index in [0.29, 0.717) is 5.41 Å². The predicted octanol–water partition coefficient (Wildman–Crippen LogP) is 3.15. The molecule has 0 atom stereocenters. The summed E-state index contributed by atoms with van der Waals surface area (Å²) in [6.45, 7) is 11.7. The Morgan fingerprint density at radius 2 is 1.67 bits per heavy atom. The van der Waals surface area contributed by atoms with Crippen molar-refractivity contribution in [3.05, 3.63) is 0 Å². The molecule has 0 aliphatic heterocycles. The largest absolute Gasteiger partial charge is 0.306 e. The number of rotatable bonds is 6. The molecule has 0 heterocycles. The van der Waals surface area contributed by atoms with Gasteiger partial charge in [-0.05, 0) is 38.4 Å². The molecule has 1 heteroatoms. The van der Waals surface area contributed by atoms with E-state index in [9.17, 15) is 0 Å². The fourth-order valence-electron chi connectivity index (χ4n) is 1.16. The van der Waals surface area contributed by atoms with Crippen LogP contribution in [0.15, 0.2) is 0 Å². The highest BCUT2D eigenvalue weighted by atomic mass is 15.1. The standard InChI is InChI=1S/C11H25N/c1-6-9-12(5)10-8-11(3,4)7-2/h6-10H2,1-5H3. The van der Waals surface area contributed by atoms with Crippen LogP contribution in [0.1, 0.15) is 47.0 Å². The summed E-state index contributed by atoms with van der Waals surface area (Å²) < 4.78 is 0. The molecule has 0 aromatic heterocycles. The summed E-state index contributed by atoms with van der Waals surface area (Å²) in [6, 6.07) is 0. The molecule has 12 heavy (non-hydrogen) atoms. The van der Waals surface area contributed by atoms with Crippen LogP contribution in [0, 0.1) is 5.41 Å². The smallest absolute Gasteiger partial charge is 0.00167 e. The summed E-state index contributed by atoms with van der Waals surface area (Å²) >= 11 is 0. The Morgan fingerprint density at radius 3 is 2.08 bits per heavy atom. The minimum atomic E-state index is 0.530. The minimum Gasteiger partial charge on any atom is -0.306 e. The molecule has 74 valence electrons. The molecule has 0 aromatic carbocycles. The van der Waals surface area contributed by atoms with Crippen molar-refractivity contribution in [1.29, 1.82) is 0 Å². The zero-order valence-electron chi connectivity index (χ0n) is 9.48. The van der Waals surface area contributed by atoms with Crippen molar-refractivity contribution in [3.8, 4) is 0 Å². The Morgan fingerprint density at radius 1 is 1.08 bits per heavy atom. The second kappa shape index (κ2) is 5.58. The van der Waals surface area contributed by atoms with Crippen LogP contribution in [0.5, 0.6) is 0 Å². The number of nitrogens with zero attached hydrogens (tertiary/aromatic N) is 1. The quantitative estimate of drug-likeness (QED) is 0.593. The van der Waals surface area contributed by atoms with Crippen molar-refractivity contribution >= 4 is 0 Å². The summed E-state index contributed by atoms with van der Waals surface area (Å²) in [5.41, 5.74) is 0.530. The summed E-state index contributed by atoms with van der Waals surface area (Å²) in [7, 11) is 2.22. The van der Waals surface area contributed by atoms with Crippen LogP contribution in [-0.4, -0.2) is 25.0 Å². The van der Waals surface area contributed by atoms with Gasteiger partial charge in [0.05, 0.1) is 0 Å². The maximum atomic E-state index is 2.43. The normalized spacial score (nSPS) is 12.5. The van der Waals surface area contributed by atoms with Crippen LogP contribution >= 0.6 is 0 Å². The van der Waals surface area contributed by atoms with Gasteiger partial charge in [0.15, 0.2) is 0 Å². The average Bonchev–Trinajstić information content (AvgIpc) is 2.02. The highest BCUT2D eigenvalue weighted by molar-refractivity contribution is 4.67. The predicted molar refractivity (Wildman–Crippen MR) is 56.5 cm³/mol. The first-order valence-electron chi connectivity index (χ1n) is 5.20. The molecular weight excluding hydrogens is 146 g/mol. The molecule has 0 unspecified atom stereocenters. The van der Waals surface area contributed by atoms with Gasteiger partial charge in [-0.1, -0.05) is 34.1 Å². The molecule has 0 bridgehead atoms. The lowest BCUT2D eigenvalue weighted by Gasteiger charge is -2.25. The van der Waals surface area contributed by atoms with Crippen LogP contribution < -0.4 is 0 Å². The van der Waals surface area contributed by atoms with Crippen LogP contribution in [0.2, 0.25) is 0 Å². The SMILES string of the molecule is CCCN(C)CCC(C)(C)CC. The van der Waals surface area contributed by atoms with Gasteiger partial charge in [0.1, 0.15) is 0 Å². The highest BCUT2D eigenvalue weighted by Gasteiger charge is 2.14. The summed E-state index contributed by atoms with van der Waals surface area (Å²) in [4.78, 5) is 2.43. The maximum Gasteiger partial charge on any atom is -0.00167 e. The van der Waals surface area contributed by atoms with E-state index in [1.54, 1.807) is 0 Å². The van der Waals surface area contributed by atoms with Crippen LogP contribution in [0.3, 0.4) is 0 Å². The third-order valence-electron chi connectivity index (χ3n) is 2.73. The van der Waals surface area contributed by atoms with E-state index in [1.165, 1.54) is 32.4 Å². The summed E-state index contributed by atoms with van der Waals surface area (Å²) in [5, 5.41) is 0. The first kappa shape index (κ1) is 12.0. The molecule has 0 aromatic rings. The summed E-state index contributed by atoms with van der Waals surface area (Å²) in [6.07, 6.45) is 3.87. The second-order valence-corrected chi connectivity index (χ2v) is 4.57. The van der Waals surface area contributed by atoms with Crippen molar-refractivity contribution in [1.82, 2.24) is 4.90 Å². The fourth-order valence-corrected chi connectivity index (χ4v) is 1.16.